The zero-order chi connectivity index (χ0) is 16.4. The summed E-state index contributed by atoms with van der Waals surface area (Å²) in [6.45, 7) is 0. The molecule has 0 radical (unpaired) electrons. The molecule has 0 unspecified atom stereocenters. The number of amides is 1. The van der Waals surface area contributed by atoms with E-state index in [2.05, 4.69) is 26.6 Å². The summed E-state index contributed by atoms with van der Waals surface area (Å²) in [5, 5.41) is 10.1. The van der Waals surface area contributed by atoms with Crippen molar-refractivity contribution in [3.05, 3.63) is 65.6 Å². The summed E-state index contributed by atoms with van der Waals surface area (Å²) < 4.78 is 0. The van der Waals surface area contributed by atoms with Crippen molar-refractivity contribution < 1.29 is 4.79 Å². The highest BCUT2D eigenvalue weighted by Gasteiger charge is 2.16. The summed E-state index contributed by atoms with van der Waals surface area (Å²) in [6, 6.07) is 11.6. The number of rotatable bonds is 3. The van der Waals surface area contributed by atoms with Gasteiger partial charge >= 0.3 is 0 Å². The molecule has 1 amide bonds. The molecule has 24 heavy (non-hydrogen) atoms. The molecule has 1 aliphatic carbocycles. The fraction of sp³-hybridized carbons (Fsp3) is 0.211. The molecule has 0 atom stereocenters. The zero-order valence-electron chi connectivity index (χ0n) is 13.2. The summed E-state index contributed by atoms with van der Waals surface area (Å²) in [7, 11) is 0. The Labute approximate surface area is 140 Å². The number of benzene rings is 1. The molecule has 120 valence electrons. The Balaban J connectivity index is 1.56. The summed E-state index contributed by atoms with van der Waals surface area (Å²) in [6.07, 6.45) is 7.95. The lowest BCUT2D eigenvalue weighted by Crippen LogP contribution is -2.15. The van der Waals surface area contributed by atoms with E-state index in [1.807, 2.05) is 24.3 Å². The number of aromatic amines is 1. The van der Waals surface area contributed by atoms with Gasteiger partial charge in [0.1, 0.15) is 5.69 Å². The number of fused-ring (bicyclic) bond motifs is 1. The van der Waals surface area contributed by atoms with Gasteiger partial charge in [-0.1, -0.05) is 12.1 Å². The van der Waals surface area contributed by atoms with E-state index in [4.69, 9.17) is 0 Å². The number of H-pyrrole nitrogens is 1. The molecule has 0 saturated carbocycles. The summed E-state index contributed by atoms with van der Waals surface area (Å²) in [5.74, 6) is -0.170. The van der Waals surface area contributed by atoms with E-state index >= 15 is 0 Å². The minimum absolute atomic E-state index is 0.170. The van der Waals surface area contributed by atoms with Crippen LogP contribution in [0.1, 0.15) is 34.5 Å². The molecule has 0 bridgehead atoms. The third kappa shape index (κ3) is 2.80. The third-order valence-corrected chi connectivity index (χ3v) is 4.42. The molecule has 2 N–H and O–H groups in total. The SMILES string of the molecule is O=C(Nc1cccc2c1CCCC2)c1cc(-c2cccnc2)n[nH]1. The molecule has 5 heteroatoms. The zero-order valence-corrected chi connectivity index (χ0v) is 13.2. The van der Waals surface area contributed by atoms with Gasteiger partial charge in [-0.3, -0.25) is 14.9 Å². The van der Waals surface area contributed by atoms with Crippen molar-refractivity contribution in [2.24, 2.45) is 0 Å². The average molecular weight is 318 g/mol. The van der Waals surface area contributed by atoms with Crippen molar-refractivity contribution >= 4 is 11.6 Å². The second-order valence-electron chi connectivity index (χ2n) is 6.01. The van der Waals surface area contributed by atoms with Crippen molar-refractivity contribution in [2.75, 3.05) is 5.32 Å². The first kappa shape index (κ1) is 14.6. The minimum Gasteiger partial charge on any atom is -0.320 e. The first-order valence-electron chi connectivity index (χ1n) is 8.19. The monoisotopic (exact) mass is 318 g/mol. The van der Waals surface area contributed by atoms with Gasteiger partial charge in [0.2, 0.25) is 0 Å². The van der Waals surface area contributed by atoms with Crippen LogP contribution in [0.2, 0.25) is 0 Å². The molecule has 0 fully saturated rings. The predicted molar refractivity (Wildman–Crippen MR) is 92.9 cm³/mol. The standard InChI is InChI=1S/C19H18N4O/c24-19(18-11-17(22-23-18)14-7-4-10-20-12-14)21-16-9-3-6-13-5-1-2-8-15(13)16/h3-4,6-7,9-12H,1-2,5,8H2,(H,21,24)(H,22,23). The van der Waals surface area contributed by atoms with Crippen LogP contribution in [-0.4, -0.2) is 21.1 Å². The van der Waals surface area contributed by atoms with Crippen LogP contribution in [0.15, 0.2) is 48.8 Å². The molecule has 2 aromatic heterocycles. The molecule has 1 aliphatic rings. The Morgan fingerprint density at radius 2 is 2.04 bits per heavy atom. The van der Waals surface area contributed by atoms with Crippen LogP contribution in [0.5, 0.6) is 0 Å². The van der Waals surface area contributed by atoms with Crippen molar-refractivity contribution in [1.82, 2.24) is 15.2 Å². The number of carbonyl (C=O) groups is 1. The van der Waals surface area contributed by atoms with E-state index in [1.165, 1.54) is 24.0 Å². The molecule has 3 aromatic rings. The number of aryl methyl sites for hydroxylation is 1. The van der Waals surface area contributed by atoms with E-state index in [0.717, 1.165) is 24.1 Å². The molecule has 2 heterocycles. The van der Waals surface area contributed by atoms with E-state index in [9.17, 15) is 4.79 Å². The number of hydrogen-bond donors (Lipinski definition) is 2. The van der Waals surface area contributed by atoms with E-state index in [0.29, 0.717) is 11.4 Å². The van der Waals surface area contributed by atoms with Gasteiger partial charge in [0.15, 0.2) is 0 Å². The highest BCUT2D eigenvalue weighted by Crippen LogP contribution is 2.28. The highest BCUT2D eigenvalue weighted by atomic mass is 16.1. The van der Waals surface area contributed by atoms with Crippen LogP contribution in [0, 0.1) is 0 Å². The second-order valence-corrected chi connectivity index (χ2v) is 6.01. The van der Waals surface area contributed by atoms with Crippen molar-refractivity contribution in [2.45, 2.75) is 25.7 Å². The molecular weight excluding hydrogens is 300 g/mol. The maximum atomic E-state index is 12.5. The topological polar surface area (TPSA) is 70.7 Å². The van der Waals surface area contributed by atoms with Crippen LogP contribution in [0.4, 0.5) is 5.69 Å². The van der Waals surface area contributed by atoms with E-state index in [1.54, 1.807) is 18.5 Å². The summed E-state index contributed by atoms with van der Waals surface area (Å²) >= 11 is 0. The minimum atomic E-state index is -0.170. The Hall–Kier alpha value is -2.95. The normalized spacial score (nSPS) is 13.3. The fourth-order valence-electron chi connectivity index (χ4n) is 3.19. The van der Waals surface area contributed by atoms with Crippen LogP contribution >= 0.6 is 0 Å². The van der Waals surface area contributed by atoms with Crippen molar-refractivity contribution in [3.63, 3.8) is 0 Å². The number of pyridine rings is 1. The van der Waals surface area contributed by atoms with Gasteiger partial charge in [0.05, 0.1) is 5.69 Å². The second kappa shape index (κ2) is 6.28. The number of nitrogens with zero attached hydrogens (tertiary/aromatic N) is 2. The number of aromatic nitrogens is 3. The van der Waals surface area contributed by atoms with Gasteiger partial charge in [-0.15, -0.1) is 0 Å². The Kier molecular flexibility index (Phi) is 3.83. The smallest absolute Gasteiger partial charge is 0.273 e. The van der Waals surface area contributed by atoms with E-state index < -0.39 is 0 Å². The molecule has 0 aliphatic heterocycles. The lowest BCUT2D eigenvalue weighted by Gasteiger charge is -2.19. The Bertz CT molecular complexity index is 870. The van der Waals surface area contributed by atoms with Crippen LogP contribution in [-0.2, 0) is 12.8 Å². The average Bonchev–Trinajstić information content (AvgIpc) is 3.13. The molecule has 1 aromatic carbocycles. The third-order valence-electron chi connectivity index (χ3n) is 4.42. The van der Waals surface area contributed by atoms with Gasteiger partial charge in [-0.05, 0) is 61.1 Å². The number of anilines is 1. The van der Waals surface area contributed by atoms with Crippen LogP contribution < -0.4 is 5.32 Å². The summed E-state index contributed by atoms with van der Waals surface area (Å²) in [5.41, 5.74) is 5.56. The van der Waals surface area contributed by atoms with E-state index in [-0.39, 0.29) is 5.91 Å². The maximum Gasteiger partial charge on any atom is 0.273 e. The van der Waals surface area contributed by atoms with Gasteiger partial charge < -0.3 is 5.32 Å². The Morgan fingerprint density at radius 3 is 2.92 bits per heavy atom. The Morgan fingerprint density at radius 1 is 1.12 bits per heavy atom. The maximum absolute atomic E-state index is 12.5. The van der Waals surface area contributed by atoms with Gasteiger partial charge in [-0.2, -0.15) is 5.10 Å². The molecule has 0 saturated heterocycles. The quantitative estimate of drug-likeness (QED) is 0.775. The highest BCUT2D eigenvalue weighted by molar-refractivity contribution is 6.04. The van der Waals surface area contributed by atoms with Gasteiger partial charge in [0.25, 0.3) is 5.91 Å². The van der Waals surface area contributed by atoms with Gasteiger partial charge in [-0.25, -0.2) is 0 Å². The largest absolute Gasteiger partial charge is 0.320 e. The van der Waals surface area contributed by atoms with Crippen molar-refractivity contribution in [3.8, 4) is 11.3 Å². The molecule has 4 rings (SSSR count). The predicted octanol–water partition coefficient (Wildman–Crippen LogP) is 3.60. The molecular formula is C19H18N4O. The van der Waals surface area contributed by atoms with Crippen LogP contribution in [0.3, 0.4) is 0 Å². The van der Waals surface area contributed by atoms with Crippen LogP contribution in [0.25, 0.3) is 11.3 Å². The number of carbonyl (C=O) groups excluding carboxylic acids is 1. The first-order valence-corrected chi connectivity index (χ1v) is 8.19. The first-order chi connectivity index (χ1) is 11.8. The summed E-state index contributed by atoms with van der Waals surface area (Å²) in [4.78, 5) is 16.6. The number of hydrogen-bond acceptors (Lipinski definition) is 3. The molecule has 5 nitrogen and oxygen atoms in total. The molecule has 0 spiro atoms. The lowest BCUT2D eigenvalue weighted by molar-refractivity contribution is 0.102. The number of nitrogens with one attached hydrogen (secondary N) is 2. The lowest BCUT2D eigenvalue weighted by atomic mass is 9.90. The van der Waals surface area contributed by atoms with Gasteiger partial charge in [0, 0.05) is 23.6 Å². The fourth-order valence-corrected chi connectivity index (χ4v) is 3.19. The van der Waals surface area contributed by atoms with Crippen molar-refractivity contribution in [1.29, 1.82) is 0 Å².